The normalized spacial score (nSPS) is 35.4. The molecular weight excluding hydrogens is 154 g/mol. The number of hydrogen-bond donors (Lipinski definition) is 0. The second-order valence-corrected chi connectivity index (χ2v) is 3.28. The van der Waals surface area contributed by atoms with Crippen LogP contribution in [0.2, 0.25) is 0 Å². The second kappa shape index (κ2) is 3.23. The number of hydrogen-bond acceptors (Lipinski definition) is 4. The molecule has 1 saturated heterocycles. The van der Waals surface area contributed by atoms with Crippen LogP contribution in [0.1, 0.15) is 12.8 Å². The molecule has 2 atom stereocenters. The summed E-state index contributed by atoms with van der Waals surface area (Å²) in [7, 11) is 2.12. The predicted octanol–water partition coefficient (Wildman–Crippen LogP) is 0.493. The van der Waals surface area contributed by atoms with Crippen molar-refractivity contribution < 1.29 is 4.84 Å². The van der Waals surface area contributed by atoms with Gasteiger partial charge in [0.05, 0.1) is 12.3 Å². The van der Waals surface area contributed by atoms with Crippen LogP contribution in [0.5, 0.6) is 0 Å². The third-order valence-electron chi connectivity index (χ3n) is 2.49. The van der Waals surface area contributed by atoms with Gasteiger partial charge in [0.25, 0.3) is 0 Å². The summed E-state index contributed by atoms with van der Waals surface area (Å²) in [4.78, 5) is 11.5. The third-order valence-corrected chi connectivity index (χ3v) is 2.49. The largest absolute Gasteiger partial charge is 0.384 e. The second-order valence-electron chi connectivity index (χ2n) is 3.28. The molecule has 0 aromatic rings. The Kier molecular flexibility index (Phi) is 2.08. The van der Waals surface area contributed by atoms with Gasteiger partial charge in [-0.1, -0.05) is 5.16 Å². The fourth-order valence-electron chi connectivity index (χ4n) is 1.80. The molecule has 2 aliphatic rings. The van der Waals surface area contributed by atoms with Crippen molar-refractivity contribution >= 4 is 12.6 Å². The molecule has 0 aromatic heterocycles. The highest BCUT2D eigenvalue weighted by Gasteiger charge is 2.30. The summed E-state index contributed by atoms with van der Waals surface area (Å²) in [5.41, 5.74) is 0. The first kappa shape index (κ1) is 7.73. The lowest BCUT2D eigenvalue weighted by molar-refractivity contribution is 0.0530. The lowest BCUT2D eigenvalue weighted by atomic mass is 10.1. The molecule has 1 fully saturated rings. The number of likely N-dealkylation sites (N-methyl/N-ethyl adjacent to an activating group) is 1. The van der Waals surface area contributed by atoms with E-state index in [-0.39, 0.29) is 6.10 Å². The standard InChI is InChI=1S/C8H13N3O/c1-11-4-2-3-7(11)8-5-9-6-10-12-8/h5-8H,2-4H2,1H3/t7-,8?/m0/s1. The van der Waals surface area contributed by atoms with Gasteiger partial charge in [0.2, 0.25) is 0 Å². The van der Waals surface area contributed by atoms with Crippen LogP contribution in [-0.2, 0) is 4.84 Å². The van der Waals surface area contributed by atoms with Gasteiger partial charge in [-0.25, -0.2) is 4.99 Å². The monoisotopic (exact) mass is 167 g/mol. The van der Waals surface area contributed by atoms with Crippen molar-refractivity contribution in [3.63, 3.8) is 0 Å². The summed E-state index contributed by atoms with van der Waals surface area (Å²) in [6.45, 7) is 1.15. The average Bonchev–Trinajstić information content (AvgIpc) is 2.53. The molecule has 4 heteroatoms. The van der Waals surface area contributed by atoms with Gasteiger partial charge in [0, 0.05) is 0 Å². The summed E-state index contributed by atoms with van der Waals surface area (Å²) in [6, 6.07) is 0.464. The number of rotatable bonds is 1. The van der Waals surface area contributed by atoms with E-state index in [0.29, 0.717) is 6.04 Å². The van der Waals surface area contributed by atoms with Crippen LogP contribution in [0.25, 0.3) is 0 Å². The van der Waals surface area contributed by atoms with Crippen molar-refractivity contribution in [1.82, 2.24) is 4.90 Å². The van der Waals surface area contributed by atoms with Gasteiger partial charge in [0.1, 0.15) is 0 Å². The lowest BCUT2D eigenvalue weighted by Crippen LogP contribution is -2.39. The van der Waals surface area contributed by atoms with E-state index < -0.39 is 0 Å². The van der Waals surface area contributed by atoms with Gasteiger partial charge in [-0.05, 0) is 26.4 Å². The van der Waals surface area contributed by atoms with Crippen molar-refractivity contribution in [3.05, 3.63) is 0 Å². The van der Waals surface area contributed by atoms with Gasteiger partial charge >= 0.3 is 0 Å². The Morgan fingerprint density at radius 3 is 3.08 bits per heavy atom. The summed E-state index contributed by atoms with van der Waals surface area (Å²) in [5, 5.41) is 3.69. The quantitative estimate of drug-likeness (QED) is 0.570. The Bertz CT molecular complexity index is 214. The molecule has 2 heterocycles. The predicted molar refractivity (Wildman–Crippen MR) is 47.5 cm³/mol. The molecule has 0 saturated carbocycles. The van der Waals surface area contributed by atoms with E-state index in [9.17, 15) is 0 Å². The van der Waals surface area contributed by atoms with Crippen molar-refractivity contribution in [3.8, 4) is 0 Å². The summed E-state index contributed by atoms with van der Waals surface area (Å²) in [6.07, 6.45) is 5.76. The van der Waals surface area contributed by atoms with E-state index >= 15 is 0 Å². The Labute approximate surface area is 71.9 Å². The van der Waals surface area contributed by atoms with Crippen molar-refractivity contribution in [2.24, 2.45) is 10.1 Å². The first-order valence-corrected chi connectivity index (χ1v) is 4.29. The first-order valence-electron chi connectivity index (χ1n) is 4.29. The van der Waals surface area contributed by atoms with Gasteiger partial charge in [0.15, 0.2) is 12.4 Å². The van der Waals surface area contributed by atoms with Crippen molar-refractivity contribution in [2.45, 2.75) is 25.0 Å². The molecule has 0 aliphatic carbocycles. The summed E-state index contributed by atoms with van der Waals surface area (Å²) < 4.78 is 0. The fourth-order valence-corrected chi connectivity index (χ4v) is 1.80. The van der Waals surface area contributed by atoms with Crippen LogP contribution < -0.4 is 0 Å². The van der Waals surface area contributed by atoms with Gasteiger partial charge in [-0.3, -0.25) is 4.90 Å². The molecule has 12 heavy (non-hydrogen) atoms. The molecule has 2 aliphatic heterocycles. The smallest absolute Gasteiger partial charge is 0.178 e. The molecule has 4 nitrogen and oxygen atoms in total. The van der Waals surface area contributed by atoms with Crippen LogP contribution in [0.15, 0.2) is 10.1 Å². The molecule has 0 N–H and O–H groups in total. The summed E-state index contributed by atoms with van der Waals surface area (Å²) >= 11 is 0. The molecule has 0 aromatic carbocycles. The Balaban J connectivity index is 1.99. The Morgan fingerprint density at radius 2 is 2.50 bits per heavy atom. The van der Waals surface area contributed by atoms with E-state index in [4.69, 9.17) is 4.84 Å². The molecule has 66 valence electrons. The van der Waals surface area contributed by atoms with E-state index in [2.05, 4.69) is 22.1 Å². The number of oxime groups is 1. The zero-order valence-corrected chi connectivity index (χ0v) is 7.18. The molecule has 2 rings (SSSR count). The first-order chi connectivity index (χ1) is 5.88. The maximum absolute atomic E-state index is 5.21. The summed E-state index contributed by atoms with van der Waals surface area (Å²) in [5.74, 6) is 0. The highest BCUT2D eigenvalue weighted by atomic mass is 16.6. The minimum Gasteiger partial charge on any atom is -0.384 e. The molecule has 0 spiro atoms. The SMILES string of the molecule is CN1CCC[C@H]1C1C=NC=NO1. The Hall–Kier alpha value is -0.900. The third kappa shape index (κ3) is 1.34. The highest BCUT2D eigenvalue weighted by Crippen LogP contribution is 2.19. The maximum Gasteiger partial charge on any atom is 0.178 e. The topological polar surface area (TPSA) is 37.2 Å². The maximum atomic E-state index is 5.21. The number of aliphatic imine (C=N–C) groups is 1. The van der Waals surface area contributed by atoms with E-state index in [0.717, 1.165) is 6.54 Å². The average molecular weight is 167 g/mol. The number of likely N-dealkylation sites (tertiary alicyclic amines) is 1. The zero-order chi connectivity index (χ0) is 8.39. The van der Waals surface area contributed by atoms with Gasteiger partial charge in [-0.15, -0.1) is 0 Å². The minimum absolute atomic E-state index is 0.0579. The van der Waals surface area contributed by atoms with Crippen LogP contribution in [-0.4, -0.2) is 43.2 Å². The van der Waals surface area contributed by atoms with E-state index in [1.54, 1.807) is 0 Å². The molecule has 0 bridgehead atoms. The van der Waals surface area contributed by atoms with Gasteiger partial charge in [-0.2, -0.15) is 0 Å². The van der Waals surface area contributed by atoms with Crippen LogP contribution in [0.4, 0.5) is 0 Å². The van der Waals surface area contributed by atoms with Crippen LogP contribution in [0, 0.1) is 0 Å². The zero-order valence-electron chi connectivity index (χ0n) is 7.18. The van der Waals surface area contributed by atoms with Crippen molar-refractivity contribution in [2.75, 3.05) is 13.6 Å². The minimum atomic E-state index is 0.0579. The van der Waals surface area contributed by atoms with E-state index in [1.165, 1.54) is 19.2 Å². The lowest BCUT2D eigenvalue weighted by Gasteiger charge is -2.24. The molecule has 0 radical (unpaired) electrons. The highest BCUT2D eigenvalue weighted by molar-refractivity contribution is 5.76. The Morgan fingerprint density at radius 1 is 1.58 bits per heavy atom. The molecule has 0 amide bonds. The molecule has 1 unspecified atom stereocenters. The van der Waals surface area contributed by atoms with Crippen molar-refractivity contribution in [1.29, 1.82) is 0 Å². The molecular formula is C8H13N3O. The van der Waals surface area contributed by atoms with Crippen LogP contribution in [0.3, 0.4) is 0 Å². The van der Waals surface area contributed by atoms with E-state index in [1.807, 2.05) is 6.21 Å². The number of nitrogens with zero attached hydrogens (tertiary/aromatic N) is 3. The fraction of sp³-hybridized carbons (Fsp3) is 0.750. The van der Waals surface area contributed by atoms with Gasteiger partial charge < -0.3 is 4.84 Å². The van der Waals surface area contributed by atoms with Crippen LogP contribution >= 0.6 is 0 Å².